The van der Waals surface area contributed by atoms with Gasteiger partial charge in [0.1, 0.15) is 23.7 Å². The predicted octanol–water partition coefficient (Wildman–Crippen LogP) is 6.57. The van der Waals surface area contributed by atoms with Crippen LogP contribution in [-0.2, 0) is 24.4 Å². The number of hydrogen-bond acceptors (Lipinski definition) is 7. The highest BCUT2D eigenvalue weighted by Gasteiger charge is 2.24. The third-order valence-corrected chi connectivity index (χ3v) is 9.20. The van der Waals surface area contributed by atoms with Gasteiger partial charge in [-0.2, -0.15) is 10.1 Å². The molecule has 0 amide bonds. The zero-order chi connectivity index (χ0) is 27.3. The number of fused-ring (bicyclic) bond motifs is 1. The van der Waals surface area contributed by atoms with E-state index in [-0.39, 0.29) is 5.28 Å². The lowest BCUT2D eigenvalue weighted by Gasteiger charge is -2.22. The Morgan fingerprint density at radius 3 is 2.50 bits per heavy atom. The summed E-state index contributed by atoms with van der Waals surface area (Å²) < 4.78 is 19.1. The van der Waals surface area contributed by atoms with Gasteiger partial charge in [-0.05, 0) is 42.1 Å². The fourth-order valence-corrected chi connectivity index (χ4v) is 6.02. The fourth-order valence-electron chi connectivity index (χ4n) is 5.09. The molecular formula is C28H42ClN5O3Si. The molecule has 10 heteroatoms. The Bertz CT molecular complexity index is 1220. The highest BCUT2D eigenvalue weighted by Crippen LogP contribution is 2.33. The normalized spacial score (nSPS) is 14.7. The monoisotopic (exact) mass is 559 g/mol. The van der Waals surface area contributed by atoms with Crippen molar-refractivity contribution in [2.24, 2.45) is 5.92 Å². The molecule has 0 spiro atoms. The summed E-state index contributed by atoms with van der Waals surface area (Å²) in [5.41, 5.74) is 3.69. The molecule has 0 radical (unpaired) electrons. The minimum absolute atomic E-state index is 0.227. The average molecular weight is 560 g/mol. The van der Waals surface area contributed by atoms with Crippen LogP contribution in [0, 0.1) is 5.92 Å². The highest BCUT2D eigenvalue weighted by molar-refractivity contribution is 6.76. The number of hydrogen-bond donors (Lipinski definition) is 0. The van der Waals surface area contributed by atoms with Gasteiger partial charge in [0.15, 0.2) is 11.3 Å². The van der Waals surface area contributed by atoms with E-state index in [4.69, 9.17) is 35.9 Å². The first-order valence-corrected chi connectivity index (χ1v) is 17.7. The number of nitrogens with zero attached hydrogens (tertiary/aromatic N) is 5. The summed E-state index contributed by atoms with van der Waals surface area (Å²) in [6, 6.07) is 6.95. The molecule has 38 heavy (non-hydrogen) atoms. The standard InChI is InChI=1S/C28H42ClN5O3Si/c1-33(18-21-12-13-22(35-2)17-24(21)36-3)27-26-25(30-28(29)31-27)23(16-20-10-8-7-9-11-20)34(32-26)19-37-14-15-38(4,5)6/h12-13,17,20H,7-11,14-16,18-19H2,1-6H3. The van der Waals surface area contributed by atoms with Crippen molar-refractivity contribution in [3.63, 3.8) is 0 Å². The van der Waals surface area contributed by atoms with Crippen LogP contribution < -0.4 is 14.4 Å². The molecule has 0 N–H and O–H groups in total. The molecule has 0 aliphatic heterocycles. The summed E-state index contributed by atoms with van der Waals surface area (Å²) in [5.74, 6) is 2.83. The highest BCUT2D eigenvalue weighted by atomic mass is 35.5. The SMILES string of the molecule is COc1ccc(CN(C)c2nc(Cl)nc3c(CC4CCCCC4)n(COCC[Si](C)(C)C)nc23)c(OC)c1. The smallest absolute Gasteiger partial charge is 0.225 e. The van der Waals surface area contributed by atoms with Gasteiger partial charge in [-0.15, -0.1) is 0 Å². The summed E-state index contributed by atoms with van der Waals surface area (Å²) in [7, 11) is 4.13. The number of halogens is 1. The van der Waals surface area contributed by atoms with Crippen LogP contribution in [0.25, 0.3) is 11.0 Å². The van der Waals surface area contributed by atoms with Crippen LogP contribution in [-0.4, -0.2) is 55.7 Å². The first kappa shape index (κ1) is 28.6. The summed E-state index contributed by atoms with van der Waals surface area (Å²) >= 11 is 6.52. The van der Waals surface area contributed by atoms with Crippen LogP contribution in [0.4, 0.5) is 5.82 Å². The Morgan fingerprint density at radius 1 is 1.05 bits per heavy atom. The molecule has 8 nitrogen and oxygen atoms in total. The first-order chi connectivity index (χ1) is 18.2. The van der Waals surface area contributed by atoms with Gasteiger partial charge in [0.25, 0.3) is 0 Å². The molecule has 3 aromatic rings. The lowest BCUT2D eigenvalue weighted by Crippen LogP contribution is -2.22. The molecule has 1 fully saturated rings. The zero-order valence-corrected chi connectivity index (χ0v) is 25.5. The van der Waals surface area contributed by atoms with Crippen LogP contribution in [0.5, 0.6) is 11.5 Å². The van der Waals surface area contributed by atoms with E-state index >= 15 is 0 Å². The van der Waals surface area contributed by atoms with Crippen molar-refractivity contribution in [3.05, 3.63) is 34.7 Å². The number of benzene rings is 1. The van der Waals surface area contributed by atoms with E-state index in [2.05, 4.69) is 24.6 Å². The van der Waals surface area contributed by atoms with E-state index in [0.717, 1.165) is 52.9 Å². The average Bonchev–Trinajstić information content (AvgIpc) is 3.23. The third kappa shape index (κ3) is 7.18. The molecule has 2 heterocycles. The van der Waals surface area contributed by atoms with Crippen LogP contribution >= 0.6 is 11.6 Å². The Kier molecular flexibility index (Phi) is 9.54. The minimum Gasteiger partial charge on any atom is -0.497 e. The van der Waals surface area contributed by atoms with Crippen molar-refractivity contribution >= 4 is 36.5 Å². The summed E-state index contributed by atoms with van der Waals surface area (Å²) in [6.45, 7) is 8.81. The third-order valence-electron chi connectivity index (χ3n) is 7.32. The van der Waals surface area contributed by atoms with Crippen molar-refractivity contribution in [1.29, 1.82) is 0 Å². The van der Waals surface area contributed by atoms with Gasteiger partial charge in [-0.3, -0.25) is 0 Å². The molecule has 1 aromatic carbocycles. The van der Waals surface area contributed by atoms with Crippen molar-refractivity contribution in [2.75, 3.05) is 32.8 Å². The van der Waals surface area contributed by atoms with Crippen LogP contribution in [0.3, 0.4) is 0 Å². The van der Waals surface area contributed by atoms with Crippen molar-refractivity contribution in [3.8, 4) is 11.5 Å². The number of ether oxygens (including phenoxy) is 3. The van der Waals surface area contributed by atoms with Gasteiger partial charge in [-0.1, -0.05) is 51.7 Å². The Morgan fingerprint density at radius 2 is 1.82 bits per heavy atom. The largest absolute Gasteiger partial charge is 0.497 e. The Hall–Kier alpha value is -2.36. The molecule has 208 valence electrons. The van der Waals surface area contributed by atoms with Crippen molar-refractivity contribution in [1.82, 2.24) is 19.7 Å². The van der Waals surface area contributed by atoms with Crippen LogP contribution in [0.1, 0.15) is 43.4 Å². The van der Waals surface area contributed by atoms with Crippen molar-refractivity contribution in [2.45, 2.75) is 77.5 Å². The summed E-state index contributed by atoms with van der Waals surface area (Å²) in [5, 5.41) is 5.24. The van der Waals surface area contributed by atoms with E-state index in [1.807, 2.05) is 34.8 Å². The molecule has 4 rings (SSSR count). The molecule has 0 saturated heterocycles. The number of anilines is 1. The molecule has 0 unspecified atom stereocenters. The van der Waals surface area contributed by atoms with Gasteiger partial charge in [0.05, 0.1) is 19.9 Å². The van der Waals surface area contributed by atoms with E-state index in [9.17, 15) is 0 Å². The second kappa shape index (κ2) is 12.7. The maximum absolute atomic E-state index is 6.52. The maximum atomic E-state index is 6.52. The topological polar surface area (TPSA) is 74.5 Å². The summed E-state index contributed by atoms with van der Waals surface area (Å²) in [6.07, 6.45) is 7.32. The molecule has 1 aliphatic rings. The van der Waals surface area contributed by atoms with E-state index in [1.165, 1.54) is 32.1 Å². The molecule has 0 bridgehead atoms. The van der Waals surface area contributed by atoms with Crippen LogP contribution in [0.2, 0.25) is 31.0 Å². The second-order valence-electron chi connectivity index (χ2n) is 11.5. The summed E-state index contributed by atoms with van der Waals surface area (Å²) in [4.78, 5) is 11.4. The number of methoxy groups -OCH3 is 2. The van der Waals surface area contributed by atoms with Gasteiger partial charge in [0, 0.05) is 39.9 Å². The Labute approximate surface area is 232 Å². The molecule has 1 saturated carbocycles. The number of rotatable bonds is 12. The van der Waals surface area contributed by atoms with Gasteiger partial charge >= 0.3 is 0 Å². The van der Waals surface area contributed by atoms with Crippen molar-refractivity contribution < 1.29 is 14.2 Å². The van der Waals surface area contributed by atoms with Gasteiger partial charge in [-0.25, -0.2) is 9.67 Å². The minimum atomic E-state index is -1.18. The van der Waals surface area contributed by atoms with E-state index < -0.39 is 8.07 Å². The maximum Gasteiger partial charge on any atom is 0.225 e. The zero-order valence-electron chi connectivity index (χ0n) is 23.7. The van der Waals surface area contributed by atoms with Crippen LogP contribution in [0.15, 0.2) is 18.2 Å². The van der Waals surface area contributed by atoms with Gasteiger partial charge in [0.2, 0.25) is 5.28 Å². The van der Waals surface area contributed by atoms with Gasteiger partial charge < -0.3 is 19.1 Å². The lowest BCUT2D eigenvalue weighted by molar-refractivity contribution is 0.0763. The predicted molar refractivity (Wildman–Crippen MR) is 156 cm³/mol. The molecule has 1 aliphatic carbocycles. The molecule has 0 atom stereocenters. The molecular weight excluding hydrogens is 518 g/mol. The molecule has 2 aromatic heterocycles. The fraction of sp³-hybridized carbons (Fsp3) is 0.607. The first-order valence-electron chi connectivity index (χ1n) is 13.6. The quantitative estimate of drug-likeness (QED) is 0.141. The van der Waals surface area contributed by atoms with E-state index in [0.29, 0.717) is 25.0 Å². The number of aromatic nitrogens is 4. The Balaban J connectivity index is 1.67. The second-order valence-corrected chi connectivity index (χ2v) is 17.5. The lowest BCUT2D eigenvalue weighted by atomic mass is 9.86. The van der Waals surface area contributed by atoms with E-state index in [1.54, 1.807) is 14.2 Å².